The second-order valence-corrected chi connectivity index (χ2v) is 1.53. The molecular weight excluding hydrogens is 100 g/mol. The zero-order valence-electron chi connectivity index (χ0n) is 4.31. The molecule has 0 bridgehead atoms. The standard InChI is InChI=1S/C6H6N2/c7-5-1-2-6(8)4-3-5/h5-6H,7-8H2. The lowest BCUT2D eigenvalue weighted by Crippen LogP contribution is -2.23. The van der Waals surface area contributed by atoms with Crippen LogP contribution in [0.5, 0.6) is 0 Å². The summed E-state index contributed by atoms with van der Waals surface area (Å²) >= 11 is 0. The van der Waals surface area contributed by atoms with E-state index < -0.39 is 0 Å². The number of hydrogen-bond acceptors (Lipinski definition) is 2. The number of hydrogen-bond donors (Lipinski definition) is 2. The van der Waals surface area contributed by atoms with Gasteiger partial charge in [0.1, 0.15) is 12.1 Å². The van der Waals surface area contributed by atoms with Crippen LogP contribution in [0.2, 0.25) is 0 Å². The van der Waals surface area contributed by atoms with E-state index in [2.05, 4.69) is 23.7 Å². The Bertz CT molecular complexity index is 158. The molecule has 0 amide bonds. The van der Waals surface area contributed by atoms with Crippen molar-refractivity contribution in [2.45, 2.75) is 12.1 Å². The van der Waals surface area contributed by atoms with Crippen LogP contribution in [0.4, 0.5) is 0 Å². The van der Waals surface area contributed by atoms with E-state index in [0.717, 1.165) is 0 Å². The maximum absolute atomic E-state index is 5.29. The van der Waals surface area contributed by atoms with E-state index >= 15 is 0 Å². The smallest absolute Gasteiger partial charge is 0.129 e. The molecule has 0 radical (unpaired) electrons. The highest BCUT2D eigenvalue weighted by molar-refractivity contribution is 5.34. The first-order valence-electron chi connectivity index (χ1n) is 2.32. The summed E-state index contributed by atoms with van der Waals surface area (Å²) in [5, 5.41) is 0. The lowest BCUT2D eigenvalue weighted by molar-refractivity contribution is 1.04. The minimum Gasteiger partial charge on any atom is -0.308 e. The monoisotopic (exact) mass is 106 g/mol. The quantitative estimate of drug-likeness (QED) is 0.375. The highest BCUT2D eigenvalue weighted by Crippen LogP contribution is 1.80. The van der Waals surface area contributed by atoms with Crippen molar-refractivity contribution in [1.82, 2.24) is 0 Å². The molecule has 0 saturated heterocycles. The summed E-state index contributed by atoms with van der Waals surface area (Å²) in [4.78, 5) is 0. The third-order valence-electron chi connectivity index (χ3n) is 0.789. The van der Waals surface area contributed by atoms with E-state index in [1.165, 1.54) is 0 Å². The lowest BCUT2D eigenvalue weighted by Gasteiger charge is -1.97. The predicted octanol–water partition coefficient (Wildman–Crippen LogP) is -1.34. The Morgan fingerprint density at radius 2 is 1.00 bits per heavy atom. The van der Waals surface area contributed by atoms with Crippen molar-refractivity contribution < 1.29 is 0 Å². The van der Waals surface area contributed by atoms with E-state index in [0.29, 0.717) is 0 Å². The van der Waals surface area contributed by atoms with Crippen molar-refractivity contribution in [2.75, 3.05) is 0 Å². The summed E-state index contributed by atoms with van der Waals surface area (Å²) < 4.78 is 0. The zero-order valence-corrected chi connectivity index (χ0v) is 4.31. The van der Waals surface area contributed by atoms with E-state index in [-0.39, 0.29) is 12.1 Å². The summed E-state index contributed by atoms with van der Waals surface area (Å²) in [6.45, 7) is 0. The molecule has 2 nitrogen and oxygen atoms in total. The van der Waals surface area contributed by atoms with Crippen LogP contribution in [0.15, 0.2) is 0 Å². The SMILES string of the molecule is NC1C#CC(N)C#C1. The number of nitrogens with two attached hydrogens (primary N) is 2. The minimum atomic E-state index is -0.283. The van der Waals surface area contributed by atoms with Gasteiger partial charge in [-0.3, -0.25) is 0 Å². The molecule has 0 spiro atoms. The maximum atomic E-state index is 5.29. The molecule has 0 aromatic carbocycles. The fraction of sp³-hybridized carbons (Fsp3) is 0.333. The largest absolute Gasteiger partial charge is 0.308 e. The molecule has 0 aliphatic heterocycles. The van der Waals surface area contributed by atoms with Crippen molar-refractivity contribution in [3.63, 3.8) is 0 Å². The summed E-state index contributed by atoms with van der Waals surface area (Å²) in [5.74, 6) is 10.6. The Morgan fingerprint density at radius 1 is 0.750 bits per heavy atom. The van der Waals surface area contributed by atoms with Crippen LogP contribution in [-0.2, 0) is 0 Å². The van der Waals surface area contributed by atoms with Crippen LogP contribution < -0.4 is 11.5 Å². The van der Waals surface area contributed by atoms with E-state index in [4.69, 9.17) is 11.5 Å². The fourth-order valence-corrected chi connectivity index (χ4v) is 0.431. The molecule has 0 heterocycles. The molecule has 0 aromatic heterocycles. The van der Waals surface area contributed by atoms with Crippen molar-refractivity contribution >= 4 is 0 Å². The van der Waals surface area contributed by atoms with Gasteiger partial charge in [-0.15, -0.1) is 0 Å². The lowest BCUT2D eigenvalue weighted by atomic mass is 10.2. The second-order valence-electron chi connectivity index (χ2n) is 1.53. The van der Waals surface area contributed by atoms with Crippen molar-refractivity contribution in [1.29, 1.82) is 0 Å². The van der Waals surface area contributed by atoms with Gasteiger partial charge in [0, 0.05) is 0 Å². The first-order chi connectivity index (χ1) is 3.79. The first-order valence-corrected chi connectivity index (χ1v) is 2.32. The van der Waals surface area contributed by atoms with Gasteiger partial charge in [-0.25, -0.2) is 0 Å². The Labute approximate surface area is 48.2 Å². The average Bonchev–Trinajstić information content (AvgIpc) is 1.77. The molecule has 1 aliphatic carbocycles. The van der Waals surface area contributed by atoms with Crippen LogP contribution >= 0.6 is 0 Å². The predicted molar refractivity (Wildman–Crippen MR) is 31.5 cm³/mol. The molecule has 0 atom stereocenters. The molecule has 40 valence electrons. The van der Waals surface area contributed by atoms with E-state index in [1.807, 2.05) is 0 Å². The molecule has 4 N–H and O–H groups in total. The Hall–Kier alpha value is -0.960. The molecule has 0 unspecified atom stereocenters. The molecular formula is C6H6N2. The third-order valence-corrected chi connectivity index (χ3v) is 0.789. The zero-order chi connectivity index (χ0) is 5.98. The molecule has 1 aliphatic rings. The van der Waals surface area contributed by atoms with Crippen molar-refractivity contribution in [2.24, 2.45) is 11.5 Å². The first kappa shape index (κ1) is 5.18. The molecule has 0 saturated carbocycles. The van der Waals surface area contributed by atoms with Crippen LogP contribution in [0.25, 0.3) is 0 Å². The third kappa shape index (κ3) is 1.01. The molecule has 0 fully saturated rings. The van der Waals surface area contributed by atoms with Gasteiger partial charge < -0.3 is 11.5 Å². The van der Waals surface area contributed by atoms with Gasteiger partial charge in [-0.05, 0) is 0 Å². The maximum Gasteiger partial charge on any atom is 0.129 e. The van der Waals surface area contributed by atoms with Gasteiger partial charge in [0.05, 0.1) is 0 Å². The van der Waals surface area contributed by atoms with Gasteiger partial charge in [-0.2, -0.15) is 0 Å². The van der Waals surface area contributed by atoms with Gasteiger partial charge >= 0.3 is 0 Å². The van der Waals surface area contributed by atoms with Gasteiger partial charge in [0.15, 0.2) is 0 Å². The minimum absolute atomic E-state index is 0.283. The van der Waals surface area contributed by atoms with E-state index in [9.17, 15) is 0 Å². The summed E-state index contributed by atoms with van der Waals surface area (Å²) in [5.41, 5.74) is 10.6. The van der Waals surface area contributed by atoms with E-state index in [1.54, 1.807) is 0 Å². The summed E-state index contributed by atoms with van der Waals surface area (Å²) in [6, 6.07) is -0.565. The van der Waals surface area contributed by atoms with Crippen LogP contribution in [0.3, 0.4) is 0 Å². The van der Waals surface area contributed by atoms with Crippen LogP contribution in [0.1, 0.15) is 0 Å². The Morgan fingerprint density at radius 3 is 1.25 bits per heavy atom. The highest BCUT2D eigenvalue weighted by atomic mass is 14.6. The molecule has 0 aromatic rings. The normalized spacial score (nSPS) is 31.8. The Kier molecular flexibility index (Phi) is 1.22. The van der Waals surface area contributed by atoms with Crippen molar-refractivity contribution in [3.05, 3.63) is 0 Å². The fourth-order valence-electron chi connectivity index (χ4n) is 0.431. The van der Waals surface area contributed by atoms with Gasteiger partial charge in [0.25, 0.3) is 0 Å². The topological polar surface area (TPSA) is 52.0 Å². The average molecular weight is 106 g/mol. The van der Waals surface area contributed by atoms with Gasteiger partial charge in [-0.1, -0.05) is 23.7 Å². The second kappa shape index (κ2) is 1.88. The molecule has 1 rings (SSSR count). The highest BCUT2D eigenvalue weighted by Gasteiger charge is 1.96. The van der Waals surface area contributed by atoms with Gasteiger partial charge in [0.2, 0.25) is 0 Å². The Balaban J connectivity index is 2.69. The number of rotatable bonds is 0. The summed E-state index contributed by atoms with van der Waals surface area (Å²) in [7, 11) is 0. The van der Waals surface area contributed by atoms with Crippen molar-refractivity contribution in [3.8, 4) is 23.7 Å². The molecule has 8 heavy (non-hydrogen) atoms. The van der Waals surface area contributed by atoms with Crippen LogP contribution in [0, 0.1) is 23.7 Å². The van der Waals surface area contributed by atoms with Crippen LogP contribution in [-0.4, -0.2) is 12.1 Å². The summed E-state index contributed by atoms with van der Waals surface area (Å²) in [6.07, 6.45) is 0. The molecule has 2 heteroatoms.